The van der Waals surface area contributed by atoms with Crippen LogP contribution in [0.3, 0.4) is 0 Å². The Morgan fingerprint density at radius 2 is 2.26 bits per heavy atom. The summed E-state index contributed by atoms with van der Waals surface area (Å²) >= 11 is 0. The largest absolute Gasteiger partial charge is 0.369 e. The van der Waals surface area contributed by atoms with Crippen molar-refractivity contribution in [3.63, 3.8) is 0 Å². The van der Waals surface area contributed by atoms with Crippen LogP contribution in [0.25, 0.3) is 0 Å². The number of hydrogen-bond donors (Lipinski definition) is 0. The van der Waals surface area contributed by atoms with Crippen LogP contribution in [0.2, 0.25) is 0 Å². The topological polar surface area (TPSA) is 68.0 Å². The van der Waals surface area contributed by atoms with Crippen LogP contribution >= 0.6 is 0 Å². The third kappa shape index (κ3) is 5.60. The molecule has 23 heavy (non-hydrogen) atoms. The van der Waals surface area contributed by atoms with Crippen LogP contribution in [0.4, 0.5) is 0 Å². The summed E-state index contributed by atoms with van der Waals surface area (Å²) in [5.74, 6) is 0.768. The molecule has 1 aromatic rings. The molecule has 130 valence electrons. The van der Waals surface area contributed by atoms with Crippen molar-refractivity contribution in [1.29, 1.82) is 0 Å². The third-order valence-electron chi connectivity index (χ3n) is 3.64. The number of rotatable bonds is 6. The average Bonchev–Trinajstić information content (AvgIpc) is 2.82. The molecule has 0 N–H and O–H groups in total. The number of hydrogen-bond acceptors (Lipinski definition) is 6. The third-order valence-corrected chi connectivity index (χ3v) is 3.64. The van der Waals surface area contributed by atoms with Crippen molar-refractivity contribution in [3.05, 3.63) is 17.5 Å². The summed E-state index contributed by atoms with van der Waals surface area (Å²) in [4.78, 5) is 15.3. The van der Waals surface area contributed by atoms with Crippen LogP contribution in [-0.2, 0) is 20.8 Å². The highest BCUT2D eigenvalue weighted by molar-refractivity contribution is 5.76. The van der Waals surface area contributed by atoms with Crippen molar-refractivity contribution in [3.8, 4) is 0 Å². The monoisotopic (exact) mass is 325 g/mol. The molecule has 2 heterocycles. The average molecular weight is 325 g/mol. The summed E-state index contributed by atoms with van der Waals surface area (Å²) < 4.78 is 16.7. The van der Waals surface area contributed by atoms with Gasteiger partial charge in [-0.25, -0.2) is 0 Å². The normalized spacial score (nSPS) is 21.3. The van der Waals surface area contributed by atoms with Gasteiger partial charge in [-0.1, -0.05) is 5.16 Å². The van der Waals surface area contributed by atoms with E-state index in [4.69, 9.17) is 14.0 Å². The fourth-order valence-corrected chi connectivity index (χ4v) is 2.75. The van der Waals surface area contributed by atoms with Gasteiger partial charge in [-0.3, -0.25) is 9.69 Å². The molecule has 0 saturated carbocycles. The number of aryl methyl sites for hydroxylation is 1. The Kier molecular flexibility index (Phi) is 5.78. The van der Waals surface area contributed by atoms with Crippen LogP contribution in [0, 0.1) is 6.92 Å². The summed E-state index contributed by atoms with van der Waals surface area (Å²) in [6.45, 7) is 8.76. The first-order valence-corrected chi connectivity index (χ1v) is 7.85. The van der Waals surface area contributed by atoms with Crippen LogP contribution < -0.4 is 0 Å². The predicted octanol–water partition coefficient (Wildman–Crippen LogP) is 1.07. The van der Waals surface area contributed by atoms with Gasteiger partial charge in [0.05, 0.1) is 24.0 Å². The van der Waals surface area contributed by atoms with Crippen molar-refractivity contribution in [2.24, 2.45) is 0 Å². The Morgan fingerprint density at radius 1 is 1.52 bits per heavy atom. The van der Waals surface area contributed by atoms with E-state index in [1.807, 2.05) is 13.0 Å². The lowest BCUT2D eigenvalue weighted by Gasteiger charge is -2.42. The Labute approximate surface area is 137 Å². The van der Waals surface area contributed by atoms with E-state index in [9.17, 15) is 4.79 Å². The van der Waals surface area contributed by atoms with Crippen LogP contribution in [0.15, 0.2) is 10.6 Å². The molecule has 7 heteroatoms. The van der Waals surface area contributed by atoms with Crippen LogP contribution in [0.1, 0.15) is 25.3 Å². The lowest BCUT2D eigenvalue weighted by atomic mass is 10.1. The van der Waals surface area contributed by atoms with E-state index in [-0.39, 0.29) is 24.2 Å². The van der Waals surface area contributed by atoms with E-state index in [0.29, 0.717) is 6.61 Å². The minimum atomic E-state index is -0.267. The van der Waals surface area contributed by atoms with Crippen molar-refractivity contribution in [2.75, 3.05) is 40.4 Å². The van der Waals surface area contributed by atoms with Gasteiger partial charge in [0, 0.05) is 39.8 Å². The molecule has 2 rings (SSSR count). The molecule has 1 unspecified atom stereocenters. The van der Waals surface area contributed by atoms with E-state index in [2.05, 4.69) is 23.9 Å². The molecule has 0 bridgehead atoms. The van der Waals surface area contributed by atoms with Gasteiger partial charge in [-0.05, 0) is 20.8 Å². The molecule has 1 atom stereocenters. The van der Waals surface area contributed by atoms with E-state index < -0.39 is 0 Å². The quantitative estimate of drug-likeness (QED) is 0.779. The van der Waals surface area contributed by atoms with Gasteiger partial charge in [0.15, 0.2) is 0 Å². The highest BCUT2D eigenvalue weighted by Gasteiger charge is 2.33. The molecule has 0 aromatic carbocycles. The minimum absolute atomic E-state index is 0.0463. The zero-order chi connectivity index (χ0) is 17.0. The fourth-order valence-electron chi connectivity index (χ4n) is 2.75. The number of morpholine rings is 1. The summed E-state index contributed by atoms with van der Waals surface area (Å²) in [6.07, 6.45) is -0.0679. The molecule has 1 fully saturated rings. The molecule has 1 aromatic heterocycles. The Bertz CT molecular complexity index is 527. The zero-order valence-corrected chi connectivity index (χ0v) is 14.7. The standard InChI is InChI=1S/C16H27N3O4/c1-12-6-13(17-23-12)7-19-8-14(22-16(2,3)11-19)9-21-10-15(20)18(4)5/h6,14H,7-11H2,1-5H3. The number of likely N-dealkylation sites (N-methyl/N-ethyl adjacent to an activating group) is 1. The lowest BCUT2D eigenvalue weighted by molar-refractivity contribution is -0.161. The Balaban J connectivity index is 1.86. The van der Waals surface area contributed by atoms with Crippen molar-refractivity contribution < 1.29 is 18.8 Å². The number of carbonyl (C=O) groups excluding carboxylic acids is 1. The molecule has 0 aliphatic carbocycles. The second kappa shape index (κ2) is 7.42. The molecule has 1 amide bonds. The van der Waals surface area contributed by atoms with E-state index in [1.54, 1.807) is 14.1 Å². The SMILES string of the molecule is Cc1cc(CN2CC(COCC(=O)N(C)C)OC(C)(C)C2)no1. The Morgan fingerprint density at radius 3 is 2.87 bits per heavy atom. The smallest absolute Gasteiger partial charge is 0.248 e. The first-order valence-electron chi connectivity index (χ1n) is 7.85. The van der Waals surface area contributed by atoms with E-state index >= 15 is 0 Å². The van der Waals surface area contributed by atoms with Gasteiger partial charge in [0.25, 0.3) is 0 Å². The molecular weight excluding hydrogens is 298 g/mol. The maximum atomic E-state index is 11.6. The van der Waals surface area contributed by atoms with Crippen LogP contribution in [0.5, 0.6) is 0 Å². The second-order valence-corrected chi connectivity index (χ2v) is 6.90. The van der Waals surface area contributed by atoms with E-state index in [1.165, 1.54) is 4.90 Å². The molecule has 7 nitrogen and oxygen atoms in total. The molecule has 1 saturated heterocycles. The number of amides is 1. The van der Waals surface area contributed by atoms with Gasteiger partial charge in [0.2, 0.25) is 5.91 Å². The second-order valence-electron chi connectivity index (χ2n) is 6.90. The van der Waals surface area contributed by atoms with Crippen molar-refractivity contribution in [1.82, 2.24) is 15.0 Å². The fraction of sp³-hybridized carbons (Fsp3) is 0.750. The molecule has 1 aliphatic heterocycles. The predicted molar refractivity (Wildman–Crippen MR) is 85.0 cm³/mol. The molecule has 0 radical (unpaired) electrons. The van der Waals surface area contributed by atoms with Gasteiger partial charge >= 0.3 is 0 Å². The first-order chi connectivity index (χ1) is 10.7. The minimum Gasteiger partial charge on any atom is -0.369 e. The highest BCUT2D eigenvalue weighted by Crippen LogP contribution is 2.22. The van der Waals surface area contributed by atoms with Gasteiger partial charge < -0.3 is 18.9 Å². The van der Waals surface area contributed by atoms with Crippen LogP contribution in [-0.4, -0.2) is 73.0 Å². The zero-order valence-electron chi connectivity index (χ0n) is 14.7. The molecule has 1 aliphatic rings. The summed E-state index contributed by atoms with van der Waals surface area (Å²) in [5.41, 5.74) is 0.652. The lowest BCUT2D eigenvalue weighted by Crippen LogP contribution is -2.53. The maximum absolute atomic E-state index is 11.6. The van der Waals surface area contributed by atoms with Gasteiger partial charge in [-0.15, -0.1) is 0 Å². The first kappa shape index (κ1) is 17.9. The van der Waals surface area contributed by atoms with Gasteiger partial charge in [-0.2, -0.15) is 0 Å². The summed E-state index contributed by atoms with van der Waals surface area (Å²) in [5, 5.41) is 4.05. The number of aromatic nitrogens is 1. The summed E-state index contributed by atoms with van der Waals surface area (Å²) in [7, 11) is 3.43. The Hall–Kier alpha value is -1.44. The van der Waals surface area contributed by atoms with Crippen molar-refractivity contribution in [2.45, 2.75) is 39.0 Å². The number of ether oxygens (including phenoxy) is 2. The van der Waals surface area contributed by atoms with E-state index in [0.717, 1.165) is 31.1 Å². The molecular formula is C16H27N3O4. The van der Waals surface area contributed by atoms with Crippen molar-refractivity contribution >= 4 is 5.91 Å². The van der Waals surface area contributed by atoms with Gasteiger partial charge in [0.1, 0.15) is 12.4 Å². The number of nitrogens with zero attached hydrogens (tertiary/aromatic N) is 3. The maximum Gasteiger partial charge on any atom is 0.248 e. The summed E-state index contributed by atoms with van der Waals surface area (Å²) in [6, 6.07) is 1.95. The molecule has 0 spiro atoms. The highest BCUT2D eigenvalue weighted by atomic mass is 16.6. The number of carbonyl (C=O) groups is 1.